The van der Waals surface area contributed by atoms with Crippen LogP contribution in [0.3, 0.4) is 0 Å². The summed E-state index contributed by atoms with van der Waals surface area (Å²) in [6.45, 7) is 1.19. The van der Waals surface area contributed by atoms with Crippen LogP contribution < -0.4 is 10.7 Å². The number of rotatable bonds is 0. The van der Waals surface area contributed by atoms with E-state index in [1.165, 1.54) is 0 Å². The van der Waals surface area contributed by atoms with Crippen molar-refractivity contribution in [2.45, 2.75) is 0 Å². The number of ether oxygens (including phenoxy) is 1. The monoisotopic (exact) mass is 181 g/mol. The number of carbonyl (C=O) groups is 1. The Kier molecular flexibility index (Phi) is 4.17. The topological polar surface area (TPSA) is 62.7 Å². The number of allylic oxidation sites excluding steroid dienone is 3. The Balaban J connectivity index is 0.000000132. The Morgan fingerprint density at radius 1 is 1.38 bits per heavy atom. The number of amides is 1. The van der Waals surface area contributed by atoms with Crippen molar-refractivity contribution in [3.8, 4) is 0 Å². The molecule has 5 nitrogen and oxygen atoms in total. The van der Waals surface area contributed by atoms with Crippen molar-refractivity contribution in [1.82, 2.24) is 10.7 Å². The standard InChI is InChI=1S/C5H6N2.C3H5NO2/c1-2-4-6-7-5-3-1;5-3-4-1-2-6-3/h1-6H;1-2H2,(H,4,5). The molecule has 2 heterocycles. The molecule has 1 saturated heterocycles. The first kappa shape index (κ1) is 9.31. The largest absolute Gasteiger partial charge is 0.448 e. The van der Waals surface area contributed by atoms with Crippen LogP contribution in [-0.2, 0) is 4.74 Å². The second kappa shape index (κ2) is 5.82. The van der Waals surface area contributed by atoms with Gasteiger partial charge in [-0.2, -0.15) is 5.10 Å². The maximum Gasteiger partial charge on any atom is 0.407 e. The maximum absolute atomic E-state index is 9.91. The first-order valence-corrected chi connectivity index (χ1v) is 3.90. The van der Waals surface area contributed by atoms with Gasteiger partial charge in [0.25, 0.3) is 0 Å². The molecule has 13 heavy (non-hydrogen) atoms. The third kappa shape index (κ3) is 4.62. The first-order chi connectivity index (χ1) is 6.39. The van der Waals surface area contributed by atoms with Gasteiger partial charge in [-0.15, -0.1) is 0 Å². The number of alkyl carbamates (subject to hydrolysis) is 1. The average molecular weight is 181 g/mol. The van der Waals surface area contributed by atoms with Crippen LogP contribution >= 0.6 is 0 Å². The van der Waals surface area contributed by atoms with E-state index < -0.39 is 0 Å². The third-order valence-electron chi connectivity index (χ3n) is 1.23. The number of nitrogens with zero attached hydrogens (tertiary/aromatic N) is 1. The van der Waals surface area contributed by atoms with Crippen LogP contribution in [0.15, 0.2) is 29.5 Å². The molecule has 0 aromatic rings. The molecule has 1 amide bonds. The molecular weight excluding hydrogens is 170 g/mol. The average Bonchev–Trinajstić information content (AvgIpc) is 2.48. The molecule has 2 aliphatic heterocycles. The molecule has 0 aromatic heterocycles. The fourth-order valence-corrected chi connectivity index (χ4v) is 0.689. The van der Waals surface area contributed by atoms with E-state index in [9.17, 15) is 4.79 Å². The zero-order valence-corrected chi connectivity index (χ0v) is 7.06. The van der Waals surface area contributed by atoms with Crippen LogP contribution in [0.5, 0.6) is 0 Å². The van der Waals surface area contributed by atoms with E-state index in [2.05, 4.69) is 20.6 Å². The van der Waals surface area contributed by atoms with E-state index in [1.807, 2.05) is 18.2 Å². The summed E-state index contributed by atoms with van der Waals surface area (Å²) < 4.78 is 4.40. The van der Waals surface area contributed by atoms with E-state index >= 15 is 0 Å². The predicted octanol–water partition coefficient (Wildman–Crippen LogP) is 0.371. The zero-order chi connectivity index (χ0) is 9.36. The third-order valence-corrected chi connectivity index (χ3v) is 1.23. The van der Waals surface area contributed by atoms with Gasteiger partial charge in [0.2, 0.25) is 0 Å². The van der Waals surface area contributed by atoms with Gasteiger partial charge >= 0.3 is 6.09 Å². The highest BCUT2D eigenvalue weighted by atomic mass is 16.6. The second-order valence-corrected chi connectivity index (χ2v) is 2.21. The number of hydrazone groups is 1. The van der Waals surface area contributed by atoms with Crippen LogP contribution in [0.2, 0.25) is 0 Å². The minimum atomic E-state index is -0.296. The first-order valence-electron chi connectivity index (χ1n) is 3.90. The fourth-order valence-electron chi connectivity index (χ4n) is 0.689. The minimum absolute atomic E-state index is 0.296. The molecular formula is C8H11N3O2. The van der Waals surface area contributed by atoms with Gasteiger partial charge in [0.1, 0.15) is 6.61 Å². The van der Waals surface area contributed by atoms with Gasteiger partial charge in [-0.25, -0.2) is 4.79 Å². The van der Waals surface area contributed by atoms with Gasteiger partial charge in [0.05, 0.1) is 6.54 Å². The maximum atomic E-state index is 9.91. The van der Waals surface area contributed by atoms with Crippen LogP contribution in [0.4, 0.5) is 4.79 Å². The Bertz CT molecular complexity index is 224. The summed E-state index contributed by atoms with van der Waals surface area (Å²) in [6.07, 6.45) is 8.81. The van der Waals surface area contributed by atoms with E-state index in [-0.39, 0.29) is 6.09 Å². The highest BCUT2D eigenvalue weighted by molar-refractivity contribution is 5.71. The molecule has 2 rings (SSSR count). The molecule has 0 saturated carbocycles. The number of hydrogen-bond donors (Lipinski definition) is 2. The fraction of sp³-hybridized carbons (Fsp3) is 0.250. The molecule has 0 aliphatic carbocycles. The number of nitrogens with one attached hydrogen (secondary N) is 2. The summed E-state index contributed by atoms with van der Waals surface area (Å²) in [6, 6.07) is 0. The lowest BCUT2D eigenvalue weighted by molar-refractivity contribution is 0.178. The van der Waals surface area contributed by atoms with Gasteiger partial charge in [-0.3, -0.25) is 5.43 Å². The molecule has 0 atom stereocenters. The molecule has 70 valence electrons. The normalized spacial score (nSPS) is 17.7. The number of cyclic esters (lactones) is 1. The van der Waals surface area contributed by atoms with Crippen molar-refractivity contribution in [1.29, 1.82) is 0 Å². The van der Waals surface area contributed by atoms with E-state index in [4.69, 9.17) is 0 Å². The van der Waals surface area contributed by atoms with Crippen molar-refractivity contribution < 1.29 is 9.53 Å². The Morgan fingerprint density at radius 3 is 2.92 bits per heavy atom. The summed E-state index contributed by atoms with van der Waals surface area (Å²) in [4.78, 5) is 9.91. The Morgan fingerprint density at radius 2 is 2.31 bits per heavy atom. The zero-order valence-electron chi connectivity index (χ0n) is 7.06. The quantitative estimate of drug-likeness (QED) is 0.567. The highest BCUT2D eigenvalue weighted by Gasteiger charge is 2.06. The van der Waals surface area contributed by atoms with Crippen LogP contribution in [0.25, 0.3) is 0 Å². The van der Waals surface area contributed by atoms with Crippen molar-refractivity contribution in [2.75, 3.05) is 13.2 Å². The lowest BCUT2D eigenvalue weighted by Gasteiger charge is -1.80. The number of carbonyl (C=O) groups excluding carboxylic acids is 1. The summed E-state index contributed by atoms with van der Waals surface area (Å²) in [5.41, 5.74) is 2.67. The highest BCUT2D eigenvalue weighted by Crippen LogP contribution is 1.82. The van der Waals surface area contributed by atoms with Crippen molar-refractivity contribution in [3.63, 3.8) is 0 Å². The van der Waals surface area contributed by atoms with Crippen LogP contribution in [0.1, 0.15) is 0 Å². The summed E-state index contributed by atoms with van der Waals surface area (Å²) in [5.74, 6) is 0. The van der Waals surface area contributed by atoms with Gasteiger partial charge < -0.3 is 10.1 Å². The van der Waals surface area contributed by atoms with E-state index in [0.29, 0.717) is 13.2 Å². The van der Waals surface area contributed by atoms with E-state index in [0.717, 1.165) is 0 Å². The van der Waals surface area contributed by atoms with Crippen molar-refractivity contribution in [2.24, 2.45) is 5.10 Å². The van der Waals surface area contributed by atoms with Crippen molar-refractivity contribution >= 4 is 12.3 Å². The second-order valence-electron chi connectivity index (χ2n) is 2.21. The van der Waals surface area contributed by atoms with Crippen molar-refractivity contribution in [3.05, 3.63) is 24.4 Å². The summed E-state index contributed by atoms with van der Waals surface area (Å²) in [7, 11) is 0. The summed E-state index contributed by atoms with van der Waals surface area (Å²) in [5, 5.41) is 6.18. The van der Waals surface area contributed by atoms with E-state index in [1.54, 1.807) is 12.4 Å². The molecule has 2 aliphatic rings. The Labute approximate surface area is 76.1 Å². The van der Waals surface area contributed by atoms with Gasteiger partial charge in [-0.05, 0) is 12.2 Å². The predicted molar refractivity (Wildman–Crippen MR) is 49.3 cm³/mol. The molecule has 5 heteroatoms. The molecule has 0 bridgehead atoms. The molecule has 0 spiro atoms. The van der Waals surface area contributed by atoms with Gasteiger partial charge in [-0.1, -0.05) is 6.08 Å². The smallest absolute Gasteiger partial charge is 0.407 e. The van der Waals surface area contributed by atoms with Crippen LogP contribution in [-0.4, -0.2) is 25.5 Å². The van der Waals surface area contributed by atoms with Crippen LogP contribution in [0, 0.1) is 0 Å². The summed E-state index contributed by atoms with van der Waals surface area (Å²) >= 11 is 0. The Hall–Kier alpha value is -1.78. The number of hydrogen-bond acceptors (Lipinski definition) is 4. The minimum Gasteiger partial charge on any atom is -0.448 e. The van der Waals surface area contributed by atoms with Gasteiger partial charge in [0, 0.05) is 12.4 Å². The lowest BCUT2D eigenvalue weighted by atomic mass is 10.5. The van der Waals surface area contributed by atoms with Gasteiger partial charge in [0.15, 0.2) is 0 Å². The molecule has 1 fully saturated rings. The molecule has 0 aromatic carbocycles. The SMILES string of the molecule is C1=CC=NNC=C1.O=C1NCCO1. The molecule has 0 radical (unpaired) electrons. The molecule has 0 unspecified atom stereocenters. The lowest BCUT2D eigenvalue weighted by Crippen LogP contribution is -2.11. The molecule has 2 N–H and O–H groups in total.